The Balaban J connectivity index is 2.20. The van der Waals surface area contributed by atoms with E-state index in [4.69, 9.17) is 0 Å². The van der Waals surface area contributed by atoms with Gasteiger partial charge in [0.05, 0.1) is 6.54 Å². The number of hydrogen-bond donors (Lipinski definition) is 1. The van der Waals surface area contributed by atoms with Crippen LogP contribution in [-0.4, -0.2) is 38.8 Å². The second-order valence-electron chi connectivity index (χ2n) is 4.71. The molecule has 102 valence electrons. The molecule has 0 aromatic carbocycles. The van der Waals surface area contributed by atoms with Crippen LogP contribution in [0, 0.1) is 0 Å². The van der Waals surface area contributed by atoms with E-state index in [1.807, 2.05) is 13.8 Å². The molecule has 1 aliphatic rings. The molecule has 1 saturated heterocycles. The average molecular weight is 262 g/mol. The maximum Gasteiger partial charge on any atom is 0.245 e. The molecule has 19 heavy (non-hydrogen) atoms. The van der Waals surface area contributed by atoms with Crippen molar-refractivity contribution in [3.8, 4) is 0 Å². The average Bonchev–Trinajstić information content (AvgIpc) is 2.51. The molecule has 2 amide bonds. The van der Waals surface area contributed by atoms with Gasteiger partial charge < -0.3 is 10.2 Å². The number of nitrogens with zero attached hydrogens (tertiary/aromatic N) is 3. The molecule has 1 N–H and O–H groups in total. The van der Waals surface area contributed by atoms with Crippen LogP contribution in [0.1, 0.15) is 32.5 Å². The highest BCUT2D eigenvalue weighted by Gasteiger charge is 2.33. The van der Waals surface area contributed by atoms with Gasteiger partial charge in [-0.2, -0.15) is 0 Å². The van der Waals surface area contributed by atoms with E-state index in [1.165, 1.54) is 0 Å². The Labute approximate surface area is 112 Å². The normalized spacial score (nSPS) is 24.0. The van der Waals surface area contributed by atoms with Crippen molar-refractivity contribution in [3.05, 3.63) is 24.3 Å². The highest BCUT2D eigenvalue weighted by molar-refractivity contribution is 5.90. The van der Waals surface area contributed by atoms with Gasteiger partial charge in [0.25, 0.3) is 0 Å². The highest BCUT2D eigenvalue weighted by atomic mass is 16.2. The van der Waals surface area contributed by atoms with Crippen molar-refractivity contribution >= 4 is 11.8 Å². The Morgan fingerprint density at radius 2 is 2.05 bits per heavy atom. The lowest BCUT2D eigenvalue weighted by Crippen LogP contribution is -2.45. The van der Waals surface area contributed by atoms with Crippen molar-refractivity contribution in [2.24, 2.45) is 0 Å². The van der Waals surface area contributed by atoms with Crippen molar-refractivity contribution in [2.75, 3.05) is 0 Å². The summed E-state index contributed by atoms with van der Waals surface area (Å²) >= 11 is 0. The van der Waals surface area contributed by atoms with Crippen molar-refractivity contribution < 1.29 is 9.59 Å². The van der Waals surface area contributed by atoms with Gasteiger partial charge in [0, 0.05) is 24.9 Å². The minimum Gasteiger partial charge on any atom is -0.344 e. The molecule has 1 aromatic rings. The highest BCUT2D eigenvalue weighted by Crippen LogP contribution is 2.15. The van der Waals surface area contributed by atoms with Gasteiger partial charge in [0.15, 0.2) is 0 Å². The molecule has 2 atom stereocenters. The van der Waals surface area contributed by atoms with Gasteiger partial charge in [0.2, 0.25) is 11.8 Å². The first-order chi connectivity index (χ1) is 9.11. The van der Waals surface area contributed by atoms with Gasteiger partial charge in [-0.15, -0.1) is 0 Å². The maximum absolute atomic E-state index is 12.4. The topological polar surface area (TPSA) is 75.2 Å². The number of rotatable bonds is 3. The molecule has 1 aliphatic heterocycles. The van der Waals surface area contributed by atoms with E-state index in [0.717, 1.165) is 0 Å². The van der Waals surface area contributed by atoms with Gasteiger partial charge in [-0.05, 0) is 19.4 Å². The van der Waals surface area contributed by atoms with E-state index in [2.05, 4.69) is 15.3 Å². The van der Waals surface area contributed by atoms with E-state index in [9.17, 15) is 9.59 Å². The molecular weight excluding hydrogens is 244 g/mol. The lowest BCUT2D eigenvalue weighted by Gasteiger charge is -2.27. The molecule has 0 spiro atoms. The summed E-state index contributed by atoms with van der Waals surface area (Å²) in [6, 6.07) is 1.14. The molecule has 1 aromatic heterocycles. The Bertz CT molecular complexity index is 463. The van der Waals surface area contributed by atoms with E-state index < -0.39 is 6.04 Å². The molecule has 0 bridgehead atoms. The molecule has 0 saturated carbocycles. The molecular formula is C13H18N4O2. The van der Waals surface area contributed by atoms with Crippen LogP contribution in [0.2, 0.25) is 0 Å². The van der Waals surface area contributed by atoms with Crippen LogP contribution in [-0.2, 0) is 16.1 Å². The third-order valence-corrected chi connectivity index (χ3v) is 3.27. The van der Waals surface area contributed by atoms with Crippen LogP contribution in [0.15, 0.2) is 18.5 Å². The zero-order valence-electron chi connectivity index (χ0n) is 11.2. The van der Waals surface area contributed by atoms with Crippen molar-refractivity contribution in [3.63, 3.8) is 0 Å². The third kappa shape index (κ3) is 3.07. The van der Waals surface area contributed by atoms with Crippen LogP contribution >= 0.6 is 0 Å². The summed E-state index contributed by atoms with van der Waals surface area (Å²) in [5.74, 6) is 0.449. The molecule has 2 rings (SSSR count). The lowest BCUT2D eigenvalue weighted by molar-refractivity contribution is -0.135. The smallest absolute Gasteiger partial charge is 0.245 e. The van der Waals surface area contributed by atoms with Crippen LogP contribution < -0.4 is 5.32 Å². The van der Waals surface area contributed by atoms with Crippen molar-refractivity contribution in [1.29, 1.82) is 0 Å². The molecule has 0 radical (unpaired) electrons. The van der Waals surface area contributed by atoms with E-state index in [1.54, 1.807) is 23.4 Å². The van der Waals surface area contributed by atoms with Crippen LogP contribution in [0.25, 0.3) is 0 Å². The fourth-order valence-electron chi connectivity index (χ4n) is 2.19. The minimum absolute atomic E-state index is 0.0618. The van der Waals surface area contributed by atoms with Gasteiger partial charge in [0.1, 0.15) is 11.9 Å². The number of amides is 2. The lowest BCUT2D eigenvalue weighted by atomic mass is 10.1. The monoisotopic (exact) mass is 262 g/mol. The summed E-state index contributed by atoms with van der Waals surface area (Å²) in [6.07, 6.45) is 4.20. The first kappa shape index (κ1) is 13.5. The summed E-state index contributed by atoms with van der Waals surface area (Å²) in [5, 5.41) is 2.75. The molecule has 2 unspecified atom stereocenters. The largest absolute Gasteiger partial charge is 0.344 e. The maximum atomic E-state index is 12.4. The predicted molar refractivity (Wildman–Crippen MR) is 68.9 cm³/mol. The quantitative estimate of drug-likeness (QED) is 0.860. The SMILES string of the molecule is CCC1NC(=O)CC(C)N(Cc2ncccn2)C1=O. The van der Waals surface area contributed by atoms with Gasteiger partial charge in [-0.1, -0.05) is 6.92 Å². The number of aromatic nitrogens is 2. The van der Waals surface area contributed by atoms with E-state index in [-0.39, 0.29) is 17.9 Å². The standard InChI is InChI=1S/C13H18N4O2/c1-3-10-13(19)17(9(2)7-12(18)16-10)8-11-14-5-4-6-15-11/h4-6,9-10H,3,7-8H2,1-2H3,(H,16,18). The Kier molecular flexibility index (Phi) is 4.09. The van der Waals surface area contributed by atoms with E-state index in [0.29, 0.717) is 25.2 Å². The Hall–Kier alpha value is -1.98. The Morgan fingerprint density at radius 3 is 2.68 bits per heavy atom. The summed E-state index contributed by atoms with van der Waals surface area (Å²) < 4.78 is 0. The first-order valence-electron chi connectivity index (χ1n) is 6.47. The summed E-state index contributed by atoms with van der Waals surface area (Å²) in [4.78, 5) is 34.0. The summed E-state index contributed by atoms with van der Waals surface area (Å²) in [5.41, 5.74) is 0. The Morgan fingerprint density at radius 1 is 1.37 bits per heavy atom. The molecule has 6 heteroatoms. The minimum atomic E-state index is -0.443. The van der Waals surface area contributed by atoms with E-state index >= 15 is 0 Å². The fourth-order valence-corrected chi connectivity index (χ4v) is 2.19. The molecule has 6 nitrogen and oxygen atoms in total. The van der Waals surface area contributed by atoms with Gasteiger partial charge >= 0.3 is 0 Å². The first-order valence-corrected chi connectivity index (χ1v) is 6.47. The van der Waals surface area contributed by atoms with Crippen molar-refractivity contribution in [1.82, 2.24) is 20.2 Å². The number of carbonyl (C=O) groups excluding carboxylic acids is 2. The zero-order chi connectivity index (χ0) is 13.8. The van der Waals surface area contributed by atoms with Gasteiger partial charge in [-0.3, -0.25) is 9.59 Å². The van der Waals surface area contributed by atoms with Crippen LogP contribution in [0.5, 0.6) is 0 Å². The fraction of sp³-hybridized carbons (Fsp3) is 0.538. The second-order valence-corrected chi connectivity index (χ2v) is 4.71. The third-order valence-electron chi connectivity index (χ3n) is 3.27. The number of nitrogens with one attached hydrogen (secondary N) is 1. The molecule has 0 aliphatic carbocycles. The van der Waals surface area contributed by atoms with Crippen LogP contribution in [0.4, 0.5) is 0 Å². The summed E-state index contributed by atoms with van der Waals surface area (Å²) in [7, 11) is 0. The second kappa shape index (κ2) is 5.77. The van der Waals surface area contributed by atoms with Crippen molar-refractivity contribution in [2.45, 2.75) is 45.3 Å². The molecule has 1 fully saturated rings. The van der Waals surface area contributed by atoms with Crippen LogP contribution in [0.3, 0.4) is 0 Å². The molecule has 2 heterocycles. The van der Waals surface area contributed by atoms with Gasteiger partial charge in [-0.25, -0.2) is 9.97 Å². The predicted octanol–water partition coefficient (Wildman–Crippen LogP) is 0.492. The zero-order valence-corrected chi connectivity index (χ0v) is 11.2. The number of carbonyl (C=O) groups is 2. The summed E-state index contributed by atoms with van der Waals surface area (Å²) in [6.45, 7) is 4.10. The number of hydrogen-bond acceptors (Lipinski definition) is 4.